The van der Waals surface area contributed by atoms with Crippen molar-refractivity contribution >= 4 is 5.91 Å². The standard InChI is InChI=1S/C15H26N2O2/c1-15(10-16-11-15)19-9-14(18)17-8-4-6-12-5-2-3-7-13(12)17/h12-13,16H,2-11H2,1H3/t12-,13-/m1/s1. The van der Waals surface area contributed by atoms with Gasteiger partial charge in [-0.1, -0.05) is 12.8 Å². The van der Waals surface area contributed by atoms with Crippen molar-refractivity contribution in [1.82, 2.24) is 10.2 Å². The maximum absolute atomic E-state index is 12.4. The molecule has 4 nitrogen and oxygen atoms in total. The number of likely N-dealkylation sites (tertiary alicyclic amines) is 1. The number of hydrogen-bond acceptors (Lipinski definition) is 3. The van der Waals surface area contributed by atoms with Gasteiger partial charge in [0.15, 0.2) is 0 Å². The number of piperidine rings is 1. The monoisotopic (exact) mass is 266 g/mol. The van der Waals surface area contributed by atoms with Gasteiger partial charge < -0.3 is 15.0 Å². The lowest BCUT2D eigenvalue weighted by atomic mass is 9.78. The lowest BCUT2D eigenvalue weighted by Crippen LogP contribution is -2.60. The second-order valence-electron chi connectivity index (χ2n) is 6.68. The third-order valence-corrected chi connectivity index (χ3v) is 5.11. The zero-order valence-corrected chi connectivity index (χ0v) is 12.0. The van der Waals surface area contributed by atoms with Gasteiger partial charge in [-0.3, -0.25) is 4.79 Å². The van der Waals surface area contributed by atoms with Crippen LogP contribution in [0.2, 0.25) is 0 Å². The van der Waals surface area contributed by atoms with Gasteiger partial charge in [-0.05, 0) is 38.5 Å². The largest absolute Gasteiger partial charge is 0.363 e. The van der Waals surface area contributed by atoms with Gasteiger partial charge in [-0.25, -0.2) is 0 Å². The van der Waals surface area contributed by atoms with E-state index in [4.69, 9.17) is 4.74 Å². The van der Waals surface area contributed by atoms with Crippen LogP contribution in [-0.4, -0.2) is 48.7 Å². The Morgan fingerprint density at radius 2 is 2.00 bits per heavy atom. The Morgan fingerprint density at radius 1 is 1.26 bits per heavy atom. The van der Waals surface area contributed by atoms with Crippen LogP contribution in [0, 0.1) is 5.92 Å². The molecule has 2 saturated heterocycles. The summed E-state index contributed by atoms with van der Waals surface area (Å²) in [7, 11) is 0. The molecule has 0 radical (unpaired) electrons. The van der Waals surface area contributed by atoms with Crippen LogP contribution >= 0.6 is 0 Å². The van der Waals surface area contributed by atoms with Crippen LogP contribution in [0.4, 0.5) is 0 Å². The molecule has 1 saturated carbocycles. The Bertz CT molecular complexity index is 339. The van der Waals surface area contributed by atoms with Crippen molar-refractivity contribution in [2.75, 3.05) is 26.2 Å². The molecule has 0 aromatic carbocycles. The van der Waals surface area contributed by atoms with Gasteiger partial charge in [-0.2, -0.15) is 0 Å². The Morgan fingerprint density at radius 3 is 2.74 bits per heavy atom. The molecule has 0 unspecified atom stereocenters. The zero-order valence-electron chi connectivity index (χ0n) is 12.0. The van der Waals surface area contributed by atoms with E-state index >= 15 is 0 Å². The van der Waals surface area contributed by atoms with Crippen LogP contribution in [0.3, 0.4) is 0 Å². The minimum atomic E-state index is -0.114. The lowest BCUT2D eigenvalue weighted by Gasteiger charge is -2.45. The van der Waals surface area contributed by atoms with Gasteiger partial charge >= 0.3 is 0 Å². The first-order valence-corrected chi connectivity index (χ1v) is 7.82. The van der Waals surface area contributed by atoms with Gasteiger partial charge in [0.1, 0.15) is 6.61 Å². The van der Waals surface area contributed by atoms with Crippen molar-refractivity contribution in [1.29, 1.82) is 0 Å². The molecule has 3 fully saturated rings. The summed E-state index contributed by atoms with van der Waals surface area (Å²) in [6.45, 7) is 5.02. The highest BCUT2D eigenvalue weighted by molar-refractivity contribution is 5.78. The Labute approximate surface area is 115 Å². The quantitative estimate of drug-likeness (QED) is 0.842. The van der Waals surface area contributed by atoms with E-state index in [0.29, 0.717) is 6.04 Å². The van der Waals surface area contributed by atoms with Crippen molar-refractivity contribution in [3.8, 4) is 0 Å². The molecule has 3 aliphatic rings. The Hall–Kier alpha value is -0.610. The summed E-state index contributed by atoms with van der Waals surface area (Å²) >= 11 is 0. The second-order valence-corrected chi connectivity index (χ2v) is 6.68. The first-order valence-electron chi connectivity index (χ1n) is 7.82. The molecule has 1 N–H and O–H groups in total. The molecule has 2 heterocycles. The average Bonchev–Trinajstić information content (AvgIpc) is 2.42. The fourth-order valence-corrected chi connectivity index (χ4v) is 3.83. The highest BCUT2D eigenvalue weighted by Crippen LogP contribution is 2.35. The minimum Gasteiger partial charge on any atom is -0.363 e. The van der Waals surface area contributed by atoms with Crippen molar-refractivity contribution in [2.45, 2.75) is 57.1 Å². The van der Waals surface area contributed by atoms with Crippen LogP contribution < -0.4 is 5.32 Å². The molecule has 19 heavy (non-hydrogen) atoms. The number of carbonyl (C=O) groups excluding carboxylic acids is 1. The van der Waals surface area contributed by atoms with Crippen LogP contribution in [0.15, 0.2) is 0 Å². The Balaban J connectivity index is 1.55. The summed E-state index contributed by atoms with van der Waals surface area (Å²) in [4.78, 5) is 14.5. The summed E-state index contributed by atoms with van der Waals surface area (Å²) in [6, 6.07) is 0.505. The van der Waals surface area contributed by atoms with Gasteiger partial charge in [0.25, 0.3) is 0 Å². The molecule has 2 atom stereocenters. The molecule has 1 aliphatic carbocycles. The number of amides is 1. The van der Waals surface area contributed by atoms with E-state index in [1.807, 2.05) is 0 Å². The van der Waals surface area contributed by atoms with Crippen molar-refractivity contribution < 1.29 is 9.53 Å². The Kier molecular flexibility index (Phi) is 3.81. The first kappa shape index (κ1) is 13.4. The van der Waals surface area contributed by atoms with Gasteiger partial charge in [0.2, 0.25) is 5.91 Å². The van der Waals surface area contributed by atoms with Crippen LogP contribution in [0.5, 0.6) is 0 Å². The van der Waals surface area contributed by atoms with E-state index in [0.717, 1.165) is 25.6 Å². The smallest absolute Gasteiger partial charge is 0.248 e. The molecule has 3 rings (SSSR count). The second kappa shape index (κ2) is 5.41. The summed E-state index contributed by atoms with van der Waals surface area (Å²) in [5.74, 6) is 0.970. The molecule has 0 spiro atoms. The molecule has 4 heteroatoms. The lowest BCUT2D eigenvalue weighted by molar-refractivity contribution is -0.151. The van der Waals surface area contributed by atoms with Gasteiger partial charge in [-0.15, -0.1) is 0 Å². The number of fused-ring (bicyclic) bond motifs is 1. The zero-order chi connectivity index (χ0) is 13.3. The number of hydrogen-bond donors (Lipinski definition) is 1. The molecular weight excluding hydrogens is 240 g/mol. The average molecular weight is 266 g/mol. The maximum Gasteiger partial charge on any atom is 0.248 e. The number of carbonyl (C=O) groups is 1. The molecular formula is C15H26N2O2. The molecule has 108 valence electrons. The van der Waals surface area contributed by atoms with E-state index in [1.165, 1.54) is 38.5 Å². The third kappa shape index (κ3) is 2.79. The maximum atomic E-state index is 12.4. The summed E-state index contributed by atoms with van der Waals surface area (Å²) in [5, 5.41) is 3.20. The molecule has 2 aliphatic heterocycles. The highest BCUT2D eigenvalue weighted by atomic mass is 16.5. The fraction of sp³-hybridized carbons (Fsp3) is 0.933. The van der Waals surface area contributed by atoms with E-state index < -0.39 is 0 Å². The predicted molar refractivity (Wildman–Crippen MR) is 73.9 cm³/mol. The predicted octanol–water partition coefficient (Wildman–Crippen LogP) is 1.55. The van der Waals surface area contributed by atoms with E-state index in [9.17, 15) is 4.79 Å². The van der Waals surface area contributed by atoms with Crippen LogP contribution in [0.25, 0.3) is 0 Å². The minimum absolute atomic E-state index is 0.114. The SMILES string of the molecule is CC1(OCC(=O)N2CCC[C@H]3CCCC[C@H]32)CNC1. The number of nitrogens with zero attached hydrogens (tertiary/aromatic N) is 1. The van der Waals surface area contributed by atoms with Gasteiger partial charge in [0.05, 0.1) is 5.60 Å². The third-order valence-electron chi connectivity index (χ3n) is 5.11. The number of rotatable bonds is 3. The summed E-state index contributed by atoms with van der Waals surface area (Å²) in [6.07, 6.45) is 7.64. The molecule has 0 aromatic rings. The van der Waals surface area contributed by atoms with E-state index in [-0.39, 0.29) is 18.1 Å². The highest BCUT2D eigenvalue weighted by Gasteiger charge is 2.37. The van der Waals surface area contributed by atoms with Crippen molar-refractivity contribution in [3.05, 3.63) is 0 Å². The van der Waals surface area contributed by atoms with Crippen LogP contribution in [0.1, 0.15) is 45.4 Å². The van der Waals surface area contributed by atoms with E-state index in [1.54, 1.807) is 0 Å². The van der Waals surface area contributed by atoms with Gasteiger partial charge in [0, 0.05) is 25.7 Å². The molecule has 0 aromatic heterocycles. The summed E-state index contributed by atoms with van der Waals surface area (Å²) < 4.78 is 5.81. The van der Waals surface area contributed by atoms with Crippen LogP contribution in [-0.2, 0) is 9.53 Å². The molecule has 1 amide bonds. The fourth-order valence-electron chi connectivity index (χ4n) is 3.83. The number of ether oxygens (including phenoxy) is 1. The van der Waals surface area contributed by atoms with Crippen molar-refractivity contribution in [2.24, 2.45) is 5.92 Å². The molecule has 0 bridgehead atoms. The first-order chi connectivity index (χ1) is 9.18. The summed E-state index contributed by atoms with van der Waals surface area (Å²) in [5.41, 5.74) is -0.114. The van der Waals surface area contributed by atoms with E-state index in [2.05, 4.69) is 17.1 Å². The normalized spacial score (nSPS) is 33.4. The topological polar surface area (TPSA) is 41.6 Å². The van der Waals surface area contributed by atoms with Crippen molar-refractivity contribution in [3.63, 3.8) is 0 Å². The number of nitrogens with one attached hydrogen (secondary N) is 1.